The fraction of sp³-hybridized carbons (Fsp3) is 0.417. The zero-order valence-electron chi connectivity index (χ0n) is 9.55. The van der Waals surface area contributed by atoms with Crippen molar-refractivity contribution in [3.05, 3.63) is 30.6 Å². The summed E-state index contributed by atoms with van der Waals surface area (Å²) >= 11 is 0. The van der Waals surface area contributed by atoms with Gasteiger partial charge in [0.15, 0.2) is 6.23 Å². The van der Waals surface area contributed by atoms with Crippen LogP contribution < -0.4 is 0 Å². The summed E-state index contributed by atoms with van der Waals surface area (Å²) in [6.45, 7) is -0.332. The molecule has 0 amide bonds. The Morgan fingerprint density at radius 1 is 1.22 bits per heavy atom. The molecule has 0 radical (unpaired) electrons. The maximum absolute atomic E-state index is 9.96. The standard InChI is InChI=1S/C12H14N2O4/c15-5-9-10(16)11(17)12(18-9)14-6-13-7-3-1-2-4-8(7)14/h1-4,6,9-12,15-17H,5H2/t9-,10-,11+,12?/m1/s1. The van der Waals surface area contributed by atoms with Gasteiger partial charge in [0.25, 0.3) is 0 Å². The van der Waals surface area contributed by atoms with Crippen LogP contribution in [0.2, 0.25) is 0 Å². The molecule has 1 aliphatic heterocycles. The molecule has 0 spiro atoms. The third-order valence-electron chi connectivity index (χ3n) is 3.27. The normalized spacial score (nSPS) is 32.2. The Labute approximate surface area is 103 Å². The van der Waals surface area contributed by atoms with Crippen LogP contribution >= 0.6 is 0 Å². The average molecular weight is 250 g/mol. The predicted molar refractivity (Wildman–Crippen MR) is 62.7 cm³/mol. The van der Waals surface area contributed by atoms with Crippen molar-refractivity contribution >= 4 is 11.0 Å². The SMILES string of the molecule is OC[C@H]1OC(n2cnc3ccccc32)[C@@H](O)[C@@H]1O. The number of nitrogens with zero attached hydrogens (tertiary/aromatic N) is 2. The third kappa shape index (κ3) is 1.62. The van der Waals surface area contributed by atoms with Gasteiger partial charge in [-0.2, -0.15) is 0 Å². The summed E-state index contributed by atoms with van der Waals surface area (Å²) in [5.74, 6) is 0. The first-order valence-electron chi connectivity index (χ1n) is 5.76. The summed E-state index contributed by atoms with van der Waals surface area (Å²) < 4.78 is 7.13. The van der Waals surface area contributed by atoms with Gasteiger partial charge in [0.05, 0.1) is 24.0 Å². The van der Waals surface area contributed by atoms with Gasteiger partial charge in [-0.15, -0.1) is 0 Å². The summed E-state index contributed by atoms with van der Waals surface area (Å²) in [4.78, 5) is 4.20. The molecule has 96 valence electrons. The van der Waals surface area contributed by atoms with E-state index in [1.807, 2.05) is 24.3 Å². The fourth-order valence-electron chi connectivity index (χ4n) is 2.29. The molecule has 6 heteroatoms. The molecule has 1 aliphatic rings. The van der Waals surface area contributed by atoms with Crippen molar-refractivity contribution in [2.75, 3.05) is 6.61 Å². The first kappa shape index (κ1) is 11.6. The second-order valence-corrected chi connectivity index (χ2v) is 4.37. The van der Waals surface area contributed by atoms with Crippen molar-refractivity contribution < 1.29 is 20.1 Å². The minimum Gasteiger partial charge on any atom is -0.394 e. The van der Waals surface area contributed by atoms with Gasteiger partial charge >= 0.3 is 0 Å². The number of aliphatic hydroxyl groups is 3. The lowest BCUT2D eigenvalue weighted by molar-refractivity contribution is -0.0508. The van der Waals surface area contributed by atoms with E-state index >= 15 is 0 Å². The molecule has 2 aromatic rings. The van der Waals surface area contributed by atoms with Crippen molar-refractivity contribution in [3.8, 4) is 0 Å². The second kappa shape index (κ2) is 4.33. The predicted octanol–water partition coefficient (Wildman–Crippen LogP) is -0.352. The van der Waals surface area contributed by atoms with Gasteiger partial charge in [-0.05, 0) is 12.1 Å². The van der Waals surface area contributed by atoms with Crippen LogP contribution in [0.5, 0.6) is 0 Å². The Morgan fingerprint density at radius 3 is 2.72 bits per heavy atom. The number of fused-ring (bicyclic) bond motifs is 1. The smallest absolute Gasteiger partial charge is 0.164 e. The van der Waals surface area contributed by atoms with Gasteiger partial charge in [-0.3, -0.25) is 0 Å². The number of benzene rings is 1. The van der Waals surface area contributed by atoms with Crippen molar-refractivity contribution in [3.63, 3.8) is 0 Å². The molecular formula is C12H14N2O4. The molecule has 2 heterocycles. The minimum absolute atomic E-state index is 0.332. The van der Waals surface area contributed by atoms with Gasteiger partial charge < -0.3 is 24.6 Å². The molecule has 1 aromatic heterocycles. The largest absolute Gasteiger partial charge is 0.394 e. The van der Waals surface area contributed by atoms with Crippen LogP contribution in [0.1, 0.15) is 6.23 Å². The summed E-state index contributed by atoms with van der Waals surface area (Å²) in [7, 11) is 0. The number of aromatic nitrogens is 2. The van der Waals surface area contributed by atoms with Crippen LogP contribution in [-0.4, -0.2) is 49.8 Å². The number of rotatable bonds is 2. The summed E-state index contributed by atoms with van der Waals surface area (Å²) in [5, 5.41) is 28.7. The highest BCUT2D eigenvalue weighted by atomic mass is 16.6. The maximum atomic E-state index is 9.96. The highest BCUT2D eigenvalue weighted by Crippen LogP contribution is 2.31. The zero-order valence-corrected chi connectivity index (χ0v) is 9.55. The summed E-state index contributed by atoms with van der Waals surface area (Å²) in [6.07, 6.45) is -2.12. The molecule has 0 saturated carbocycles. The van der Waals surface area contributed by atoms with E-state index in [9.17, 15) is 10.2 Å². The number of para-hydroxylation sites is 2. The number of hydrogen-bond acceptors (Lipinski definition) is 5. The molecule has 1 aromatic carbocycles. The lowest BCUT2D eigenvalue weighted by Crippen LogP contribution is -2.33. The monoisotopic (exact) mass is 250 g/mol. The van der Waals surface area contributed by atoms with Gasteiger partial charge in [-0.25, -0.2) is 4.98 Å². The Balaban J connectivity index is 2.00. The van der Waals surface area contributed by atoms with E-state index in [1.54, 1.807) is 10.9 Å². The lowest BCUT2D eigenvalue weighted by atomic mass is 10.1. The van der Waals surface area contributed by atoms with Gasteiger partial charge in [0, 0.05) is 0 Å². The summed E-state index contributed by atoms with van der Waals surface area (Å²) in [6, 6.07) is 7.45. The average Bonchev–Trinajstić information content (AvgIpc) is 2.93. The Kier molecular flexibility index (Phi) is 2.79. The molecule has 3 N–H and O–H groups in total. The van der Waals surface area contributed by atoms with Gasteiger partial charge in [0.2, 0.25) is 0 Å². The molecule has 6 nitrogen and oxygen atoms in total. The lowest BCUT2D eigenvalue weighted by Gasteiger charge is -2.16. The highest BCUT2D eigenvalue weighted by molar-refractivity contribution is 5.75. The van der Waals surface area contributed by atoms with Crippen molar-refractivity contribution in [1.82, 2.24) is 9.55 Å². The van der Waals surface area contributed by atoms with Crippen molar-refractivity contribution in [2.45, 2.75) is 24.5 Å². The zero-order chi connectivity index (χ0) is 12.7. The number of imidazole rings is 1. The van der Waals surface area contributed by atoms with Crippen LogP contribution in [0.4, 0.5) is 0 Å². The van der Waals surface area contributed by atoms with Crippen LogP contribution in [0, 0.1) is 0 Å². The van der Waals surface area contributed by atoms with E-state index in [2.05, 4.69) is 4.98 Å². The Hall–Kier alpha value is -1.47. The molecule has 1 saturated heterocycles. The Morgan fingerprint density at radius 2 is 2.00 bits per heavy atom. The molecule has 1 fully saturated rings. The van der Waals surface area contributed by atoms with Crippen LogP contribution in [0.15, 0.2) is 30.6 Å². The second-order valence-electron chi connectivity index (χ2n) is 4.37. The maximum Gasteiger partial charge on any atom is 0.164 e. The van der Waals surface area contributed by atoms with Crippen molar-refractivity contribution in [2.24, 2.45) is 0 Å². The van der Waals surface area contributed by atoms with Gasteiger partial charge in [0.1, 0.15) is 18.3 Å². The molecule has 0 aliphatic carbocycles. The summed E-state index contributed by atoms with van der Waals surface area (Å²) in [5.41, 5.74) is 1.60. The molecule has 0 bridgehead atoms. The van der Waals surface area contributed by atoms with E-state index in [1.165, 1.54) is 0 Å². The topological polar surface area (TPSA) is 87.7 Å². The van der Waals surface area contributed by atoms with E-state index in [0.29, 0.717) is 0 Å². The third-order valence-corrected chi connectivity index (χ3v) is 3.27. The number of ether oxygens (including phenoxy) is 1. The van der Waals surface area contributed by atoms with E-state index in [-0.39, 0.29) is 6.61 Å². The fourth-order valence-corrected chi connectivity index (χ4v) is 2.29. The molecular weight excluding hydrogens is 236 g/mol. The first-order chi connectivity index (χ1) is 8.72. The minimum atomic E-state index is -1.10. The number of hydrogen-bond donors (Lipinski definition) is 3. The first-order valence-corrected chi connectivity index (χ1v) is 5.76. The quantitative estimate of drug-likeness (QED) is 0.678. The number of aliphatic hydroxyl groups excluding tert-OH is 3. The highest BCUT2D eigenvalue weighted by Gasteiger charge is 2.43. The van der Waals surface area contributed by atoms with Crippen LogP contribution in [0.3, 0.4) is 0 Å². The Bertz CT molecular complexity index is 556. The van der Waals surface area contributed by atoms with E-state index in [0.717, 1.165) is 11.0 Å². The van der Waals surface area contributed by atoms with Gasteiger partial charge in [-0.1, -0.05) is 12.1 Å². The van der Waals surface area contributed by atoms with Crippen LogP contribution in [-0.2, 0) is 4.74 Å². The molecule has 4 atom stereocenters. The molecule has 18 heavy (non-hydrogen) atoms. The van der Waals surface area contributed by atoms with Crippen LogP contribution in [0.25, 0.3) is 11.0 Å². The molecule has 1 unspecified atom stereocenters. The van der Waals surface area contributed by atoms with Crippen molar-refractivity contribution in [1.29, 1.82) is 0 Å². The molecule has 3 rings (SSSR count). The van der Waals surface area contributed by atoms with E-state index < -0.39 is 24.5 Å². The van der Waals surface area contributed by atoms with E-state index in [4.69, 9.17) is 9.84 Å².